The van der Waals surface area contributed by atoms with Crippen LogP contribution in [0.3, 0.4) is 0 Å². The van der Waals surface area contributed by atoms with Gasteiger partial charge in [0.15, 0.2) is 0 Å². The standard InChI is InChI=1S/C21H16ClN3O/c22-19-9-5-15(6-10-19)14-25-20(11-12-23-25)24-21(26)18-8-7-16-3-1-2-4-17(16)13-18/h1-13H,14H2,(H,24,26). The summed E-state index contributed by atoms with van der Waals surface area (Å²) < 4.78 is 1.75. The van der Waals surface area contributed by atoms with Crippen molar-refractivity contribution < 1.29 is 4.79 Å². The van der Waals surface area contributed by atoms with Crippen molar-refractivity contribution in [3.8, 4) is 0 Å². The van der Waals surface area contributed by atoms with E-state index in [0.29, 0.717) is 22.9 Å². The smallest absolute Gasteiger partial charge is 0.256 e. The molecule has 0 aliphatic carbocycles. The monoisotopic (exact) mass is 361 g/mol. The second kappa shape index (κ2) is 7.02. The fraction of sp³-hybridized carbons (Fsp3) is 0.0476. The lowest BCUT2D eigenvalue weighted by atomic mass is 10.1. The molecular weight excluding hydrogens is 346 g/mol. The van der Waals surface area contributed by atoms with Crippen LogP contribution in [0.5, 0.6) is 0 Å². The molecule has 0 atom stereocenters. The zero-order valence-corrected chi connectivity index (χ0v) is 14.6. The summed E-state index contributed by atoms with van der Waals surface area (Å²) in [6, 6.07) is 23.0. The van der Waals surface area contributed by atoms with Crippen molar-refractivity contribution >= 4 is 34.1 Å². The molecule has 0 aliphatic rings. The summed E-state index contributed by atoms with van der Waals surface area (Å²) in [6.07, 6.45) is 1.67. The summed E-state index contributed by atoms with van der Waals surface area (Å²) in [5.41, 5.74) is 1.67. The number of nitrogens with one attached hydrogen (secondary N) is 1. The predicted octanol–water partition coefficient (Wildman–Crippen LogP) is 4.99. The van der Waals surface area contributed by atoms with Gasteiger partial charge in [0.25, 0.3) is 5.91 Å². The molecule has 0 saturated carbocycles. The van der Waals surface area contributed by atoms with Gasteiger partial charge in [-0.15, -0.1) is 0 Å². The molecule has 1 N–H and O–H groups in total. The van der Waals surface area contributed by atoms with Crippen LogP contribution >= 0.6 is 11.6 Å². The van der Waals surface area contributed by atoms with E-state index in [2.05, 4.69) is 10.4 Å². The maximum atomic E-state index is 12.6. The molecule has 1 amide bonds. The molecule has 0 bridgehead atoms. The molecule has 0 aliphatic heterocycles. The molecule has 1 heterocycles. The molecule has 3 aromatic carbocycles. The fourth-order valence-electron chi connectivity index (χ4n) is 2.85. The number of aromatic nitrogens is 2. The molecule has 1 aromatic heterocycles. The Bertz CT molecular complexity index is 1070. The van der Waals surface area contributed by atoms with Crippen LogP contribution in [0.2, 0.25) is 5.02 Å². The molecule has 0 unspecified atom stereocenters. The fourth-order valence-corrected chi connectivity index (χ4v) is 2.97. The van der Waals surface area contributed by atoms with Gasteiger partial charge in [0.1, 0.15) is 5.82 Å². The molecule has 0 radical (unpaired) electrons. The Morgan fingerprint density at radius 1 is 0.962 bits per heavy atom. The second-order valence-corrected chi connectivity index (χ2v) is 6.45. The van der Waals surface area contributed by atoms with Crippen LogP contribution in [-0.2, 0) is 6.54 Å². The molecular formula is C21H16ClN3O. The number of benzene rings is 3. The van der Waals surface area contributed by atoms with Crippen molar-refractivity contribution in [3.05, 3.63) is 95.1 Å². The average Bonchev–Trinajstić information content (AvgIpc) is 3.10. The second-order valence-electron chi connectivity index (χ2n) is 6.02. The molecule has 5 heteroatoms. The summed E-state index contributed by atoms with van der Waals surface area (Å²) >= 11 is 5.92. The number of halogens is 1. The van der Waals surface area contributed by atoms with Gasteiger partial charge in [-0.3, -0.25) is 4.79 Å². The van der Waals surface area contributed by atoms with Gasteiger partial charge in [-0.2, -0.15) is 5.10 Å². The zero-order chi connectivity index (χ0) is 17.9. The minimum absolute atomic E-state index is 0.159. The van der Waals surface area contributed by atoms with Crippen LogP contribution in [-0.4, -0.2) is 15.7 Å². The van der Waals surface area contributed by atoms with Gasteiger partial charge in [-0.25, -0.2) is 4.68 Å². The van der Waals surface area contributed by atoms with E-state index in [-0.39, 0.29) is 5.91 Å². The van der Waals surface area contributed by atoms with Gasteiger partial charge in [-0.1, -0.05) is 54.1 Å². The summed E-state index contributed by atoms with van der Waals surface area (Å²) in [4.78, 5) is 12.6. The van der Waals surface area contributed by atoms with Gasteiger partial charge in [-0.05, 0) is 40.6 Å². The first-order valence-corrected chi connectivity index (χ1v) is 8.63. The van der Waals surface area contributed by atoms with Crippen molar-refractivity contribution in [1.82, 2.24) is 9.78 Å². The highest BCUT2D eigenvalue weighted by Gasteiger charge is 2.10. The molecule has 0 spiro atoms. The van der Waals surface area contributed by atoms with E-state index in [1.165, 1.54) is 0 Å². The maximum Gasteiger partial charge on any atom is 0.256 e. The Balaban J connectivity index is 1.54. The number of carbonyl (C=O) groups is 1. The minimum Gasteiger partial charge on any atom is -0.307 e. The Morgan fingerprint density at radius 2 is 1.73 bits per heavy atom. The number of nitrogens with zero attached hydrogens (tertiary/aromatic N) is 2. The van der Waals surface area contributed by atoms with E-state index in [9.17, 15) is 4.79 Å². The van der Waals surface area contributed by atoms with Crippen LogP contribution < -0.4 is 5.32 Å². The van der Waals surface area contributed by atoms with Crippen LogP contribution in [0.15, 0.2) is 79.0 Å². The predicted molar refractivity (Wildman–Crippen MR) is 105 cm³/mol. The summed E-state index contributed by atoms with van der Waals surface area (Å²) in [5.74, 6) is 0.492. The van der Waals surface area contributed by atoms with E-state index < -0.39 is 0 Å². The van der Waals surface area contributed by atoms with Gasteiger partial charge < -0.3 is 5.32 Å². The van der Waals surface area contributed by atoms with Crippen molar-refractivity contribution in [3.63, 3.8) is 0 Å². The van der Waals surface area contributed by atoms with Crippen LogP contribution in [0.1, 0.15) is 15.9 Å². The number of fused-ring (bicyclic) bond motifs is 1. The van der Waals surface area contributed by atoms with E-state index in [1.54, 1.807) is 16.9 Å². The van der Waals surface area contributed by atoms with Crippen LogP contribution in [0, 0.1) is 0 Å². The first kappa shape index (κ1) is 16.4. The lowest BCUT2D eigenvalue weighted by Crippen LogP contribution is -2.16. The van der Waals surface area contributed by atoms with E-state index in [0.717, 1.165) is 16.3 Å². The average molecular weight is 362 g/mol. The quantitative estimate of drug-likeness (QED) is 0.556. The normalized spacial score (nSPS) is 10.8. The largest absolute Gasteiger partial charge is 0.307 e. The maximum absolute atomic E-state index is 12.6. The summed E-state index contributed by atoms with van der Waals surface area (Å²) in [7, 11) is 0. The number of hydrogen-bond acceptors (Lipinski definition) is 2. The Labute approximate surface area is 156 Å². The van der Waals surface area contributed by atoms with Gasteiger partial charge in [0.2, 0.25) is 0 Å². The van der Waals surface area contributed by atoms with Crippen molar-refractivity contribution in [2.75, 3.05) is 5.32 Å². The number of hydrogen-bond donors (Lipinski definition) is 1. The van der Waals surface area contributed by atoms with Crippen molar-refractivity contribution in [2.45, 2.75) is 6.54 Å². The lowest BCUT2D eigenvalue weighted by molar-refractivity contribution is 0.102. The van der Waals surface area contributed by atoms with Gasteiger partial charge in [0, 0.05) is 16.7 Å². The van der Waals surface area contributed by atoms with E-state index in [4.69, 9.17) is 11.6 Å². The zero-order valence-electron chi connectivity index (χ0n) is 13.9. The Morgan fingerprint density at radius 3 is 2.54 bits per heavy atom. The van der Waals surface area contributed by atoms with Gasteiger partial charge >= 0.3 is 0 Å². The molecule has 4 rings (SSSR count). The highest BCUT2D eigenvalue weighted by atomic mass is 35.5. The number of rotatable bonds is 4. The van der Waals surface area contributed by atoms with Crippen molar-refractivity contribution in [1.29, 1.82) is 0 Å². The van der Waals surface area contributed by atoms with Crippen LogP contribution in [0.4, 0.5) is 5.82 Å². The molecule has 0 saturated heterocycles. The van der Waals surface area contributed by atoms with Crippen LogP contribution in [0.25, 0.3) is 10.8 Å². The topological polar surface area (TPSA) is 46.9 Å². The highest BCUT2D eigenvalue weighted by Crippen LogP contribution is 2.18. The number of anilines is 1. The Kier molecular flexibility index (Phi) is 4.42. The van der Waals surface area contributed by atoms with Gasteiger partial charge in [0.05, 0.1) is 12.7 Å². The summed E-state index contributed by atoms with van der Waals surface area (Å²) in [5, 5.41) is 10.1. The first-order valence-electron chi connectivity index (χ1n) is 8.25. The minimum atomic E-state index is -0.159. The molecule has 26 heavy (non-hydrogen) atoms. The SMILES string of the molecule is O=C(Nc1ccnn1Cc1ccc(Cl)cc1)c1ccc2ccccc2c1. The highest BCUT2D eigenvalue weighted by molar-refractivity contribution is 6.30. The third kappa shape index (κ3) is 3.46. The molecule has 4 nitrogen and oxygen atoms in total. The molecule has 0 fully saturated rings. The molecule has 4 aromatic rings. The summed E-state index contributed by atoms with van der Waals surface area (Å²) in [6.45, 7) is 0.553. The third-order valence-electron chi connectivity index (χ3n) is 4.22. The number of carbonyl (C=O) groups excluding carboxylic acids is 1. The third-order valence-corrected chi connectivity index (χ3v) is 4.47. The Hall–Kier alpha value is -3.11. The molecule has 128 valence electrons. The number of amides is 1. The van der Waals surface area contributed by atoms with Crippen molar-refractivity contribution in [2.24, 2.45) is 0 Å². The van der Waals surface area contributed by atoms with E-state index in [1.807, 2.05) is 66.7 Å². The van der Waals surface area contributed by atoms with E-state index >= 15 is 0 Å². The lowest BCUT2D eigenvalue weighted by Gasteiger charge is -2.10. The first-order chi connectivity index (χ1) is 12.7.